The second-order valence-electron chi connectivity index (χ2n) is 4.74. The zero-order valence-electron chi connectivity index (χ0n) is 10.9. The number of hydrogen-bond acceptors (Lipinski definition) is 3. The molecule has 5 heteroatoms. The van der Waals surface area contributed by atoms with Crippen LogP contribution in [0.5, 0.6) is 5.75 Å². The number of nitrogens with zero attached hydrogens (tertiary/aromatic N) is 1. The molecule has 0 amide bonds. The number of methoxy groups -OCH3 is 1. The van der Waals surface area contributed by atoms with Gasteiger partial charge in [-0.25, -0.2) is 4.68 Å². The lowest BCUT2D eigenvalue weighted by Gasteiger charge is -2.09. The highest BCUT2D eigenvalue weighted by Gasteiger charge is 2.17. The first kappa shape index (κ1) is 12.0. The Balaban J connectivity index is 1.91. The lowest BCUT2D eigenvalue weighted by Crippen LogP contribution is -2.27. The molecule has 100 valence electrons. The second-order valence-corrected chi connectivity index (χ2v) is 4.74. The van der Waals surface area contributed by atoms with E-state index in [1.54, 1.807) is 11.8 Å². The Hall–Kier alpha value is -2.01. The summed E-state index contributed by atoms with van der Waals surface area (Å²) in [7, 11) is 1.64. The first-order chi connectivity index (χ1) is 9.28. The van der Waals surface area contributed by atoms with Gasteiger partial charge in [0.15, 0.2) is 0 Å². The van der Waals surface area contributed by atoms with Crippen LogP contribution in [0.4, 0.5) is 0 Å². The van der Waals surface area contributed by atoms with E-state index >= 15 is 0 Å². The molecule has 1 aromatic heterocycles. The van der Waals surface area contributed by atoms with Gasteiger partial charge in [0.05, 0.1) is 19.2 Å². The molecule has 0 saturated heterocycles. The summed E-state index contributed by atoms with van der Waals surface area (Å²) in [5.74, 6) is 0.809. The van der Waals surface area contributed by atoms with Gasteiger partial charge >= 0.3 is 0 Å². The van der Waals surface area contributed by atoms with Crippen LogP contribution in [0.1, 0.15) is 16.8 Å². The standard InChI is InChI=1S/C14H17N3O2/c1-19-11-4-2-3-10(7-11)9-17-14(18)12-8-15-6-5-13(12)16-17/h2-4,7,15-16H,5-6,8-9H2,1H3. The van der Waals surface area contributed by atoms with Crippen molar-refractivity contribution in [1.82, 2.24) is 15.1 Å². The van der Waals surface area contributed by atoms with Crippen LogP contribution in [-0.4, -0.2) is 23.4 Å². The molecule has 0 saturated carbocycles. The van der Waals surface area contributed by atoms with Crippen LogP contribution in [0, 0.1) is 0 Å². The smallest absolute Gasteiger partial charge is 0.271 e. The Morgan fingerprint density at radius 2 is 2.32 bits per heavy atom. The van der Waals surface area contributed by atoms with Gasteiger partial charge in [0.1, 0.15) is 5.75 Å². The van der Waals surface area contributed by atoms with Crippen molar-refractivity contribution < 1.29 is 4.74 Å². The Morgan fingerprint density at radius 1 is 1.42 bits per heavy atom. The highest BCUT2D eigenvalue weighted by molar-refractivity contribution is 5.29. The number of nitrogens with one attached hydrogen (secondary N) is 2. The fourth-order valence-electron chi connectivity index (χ4n) is 2.45. The lowest BCUT2D eigenvalue weighted by molar-refractivity contribution is 0.414. The maximum atomic E-state index is 12.2. The van der Waals surface area contributed by atoms with Crippen LogP contribution in [0.15, 0.2) is 29.1 Å². The molecular weight excluding hydrogens is 242 g/mol. The molecule has 0 fully saturated rings. The maximum absolute atomic E-state index is 12.2. The van der Waals surface area contributed by atoms with Crippen molar-refractivity contribution in [2.75, 3.05) is 13.7 Å². The van der Waals surface area contributed by atoms with E-state index in [0.29, 0.717) is 13.1 Å². The molecule has 5 nitrogen and oxygen atoms in total. The normalized spacial score (nSPS) is 14.2. The van der Waals surface area contributed by atoms with Gasteiger partial charge in [0, 0.05) is 25.2 Å². The largest absolute Gasteiger partial charge is 0.497 e. The summed E-state index contributed by atoms with van der Waals surface area (Å²) >= 11 is 0. The van der Waals surface area contributed by atoms with E-state index < -0.39 is 0 Å². The first-order valence-corrected chi connectivity index (χ1v) is 6.42. The van der Waals surface area contributed by atoms with Gasteiger partial charge < -0.3 is 10.1 Å². The van der Waals surface area contributed by atoms with E-state index in [-0.39, 0.29) is 5.56 Å². The summed E-state index contributed by atoms with van der Waals surface area (Å²) in [6.45, 7) is 2.13. The molecule has 1 aliphatic heterocycles. The van der Waals surface area contributed by atoms with Gasteiger partial charge in [0.25, 0.3) is 5.56 Å². The quantitative estimate of drug-likeness (QED) is 0.860. The predicted molar refractivity (Wildman–Crippen MR) is 72.6 cm³/mol. The van der Waals surface area contributed by atoms with Crippen LogP contribution in [0.3, 0.4) is 0 Å². The summed E-state index contributed by atoms with van der Waals surface area (Å²) in [6.07, 6.45) is 0.885. The van der Waals surface area contributed by atoms with E-state index in [1.165, 1.54) is 0 Å². The third kappa shape index (κ3) is 2.29. The molecular formula is C14H17N3O2. The summed E-state index contributed by atoms with van der Waals surface area (Å²) in [4.78, 5) is 12.2. The van der Waals surface area contributed by atoms with Crippen molar-refractivity contribution in [3.63, 3.8) is 0 Å². The van der Waals surface area contributed by atoms with Crippen molar-refractivity contribution in [1.29, 1.82) is 0 Å². The zero-order chi connectivity index (χ0) is 13.2. The third-order valence-corrected chi connectivity index (χ3v) is 3.47. The lowest BCUT2D eigenvalue weighted by atomic mass is 10.1. The van der Waals surface area contributed by atoms with E-state index in [9.17, 15) is 4.79 Å². The molecule has 19 heavy (non-hydrogen) atoms. The van der Waals surface area contributed by atoms with E-state index in [4.69, 9.17) is 4.74 Å². The Morgan fingerprint density at radius 3 is 3.11 bits per heavy atom. The number of rotatable bonds is 3. The molecule has 0 atom stereocenters. The average Bonchev–Trinajstić information content (AvgIpc) is 2.76. The summed E-state index contributed by atoms with van der Waals surface area (Å²) in [5, 5.41) is 6.44. The Kier molecular flexibility index (Phi) is 3.13. The van der Waals surface area contributed by atoms with Crippen LogP contribution < -0.4 is 15.6 Å². The van der Waals surface area contributed by atoms with E-state index in [1.807, 2.05) is 24.3 Å². The van der Waals surface area contributed by atoms with Gasteiger partial charge in [-0.3, -0.25) is 9.89 Å². The van der Waals surface area contributed by atoms with E-state index in [0.717, 1.165) is 35.5 Å². The topological polar surface area (TPSA) is 59.0 Å². The van der Waals surface area contributed by atoms with Gasteiger partial charge in [-0.15, -0.1) is 0 Å². The average molecular weight is 259 g/mol. The number of aromatic amines is 1. The zero-order valence-corrected chi connectivity index (χ0v) is 10.9. The second kappa shape index (κ2) is 4.93. The molecule has 2 N–H and O–H groups in total. The monoisotopic (exact) mass is 259 g/mol. The molecule has 0 aliphatic carbocycles. The number of fused-ring (bicyclic) bond motifs is 1. The van der Waals surface area contributed by atoms with Crippen molar-refractivity contribution >= 4 is 0 Å². The van der Waals surface area contributed by atoms with E-state index in [2.05, 4.69) is 10.4 Å². The Labute approximate surface area is 111 Å². The highest BCUT2D eigenvalue weighted by Crippen LogP contribution is 2.14. The summed E-state index contributed by atoms with van der Waals surface area (Å²) in [6, 6.07) is 7.77. The van der Waals surface area contributed by atoms with Gasteiger partial charge in [-0.1, -0.05) is 12.1 Å². The number of hydrogen-bond donors (Lipinski definition) is 2. The summed E-state index contributed by atoms with van der Waals surface area (Å²) < 4.78 is 6.87. The maximum Gasteiger partial charge on any atom is 0.271 e. The van der Waals surface area contributed by atoms with Crippen LogP contribution in [0.25, 0.3) is 0 Å². The number of ether oxygens (including phenoxy) is 1. The molecule has 1 aliphatic rings. The number of aromatic nitrogens is 2. The minimum atomic E-state index is 0.0741. The van der Waals surface area contributed by atoms with Crippen LogP contribution in [0.2, 0.25) is 0 Å². The first-order valence-electron chi connectivity index (χ1n) is 6.42. The van der Waals surface area contributed by atoms with Gasteiger partial charge in [0.2, 0.25) is 0 Å². The minimum Gasteiger partial charge on any atom is -0.497 e. The third-order valence-electron chi connectivity index (χ3n) is 3.47. The molecule has 2 heterocycles. The summed E-state index contributed by atoms with van der Waals surface area (Å²) in [5.41, 5.74) is 3.05. The molecule has 0 unspecified atom stereocenters. The van der Waals surface area contributed by atoms with Crippen molar-refractivity contribution in [3.05, 3.63) is 51.4 Å². The fourth-order valence-corrected chi connectivity index (χ4v) is 2.45. The number of benzene rings is 1. The molecule has 0 spiro atoms. The van der Waals surface area contributed by atoms with Gasteiger partial charge in [-0.05, 0) is 17.7 Å². The highest BCUT2D eigenvalue weighted by atomic mass is 16.5. The molecule has 0 bridgehead atoms. The van der Waals surface area contributed by atoms with Crippen LogP contribution >= 0.6 is 0 Å². The molecule has 1 aromatic carbocycles. The minimum absolute atomic E-state index is 0.0741. The van der Waals surface area contributed by atoms with Crippen LogP contribution in [-0.2, 0) is 19.5 Å². The molecule has 2 aromatic rings. The predicted octanol–water partition coefficient (Wildman–Crippen LogP) is 0.879. The van der Waals surface area contributed by atoms with Crippen molar-refractivity contribution in [2.24, 2.45) is 0 Å². The molecule has 0 radical (unpaired) electrons. The Bertz CT molecular complexity index is 642. The fraction of sp³-hybridized carbons (Fsp3) is 0.357. The van der Waals surface area contributed by atoms with Gasteiger partial charge in [-0.2, -0.15) is 0 Å². The SMILES string of the molecule is COc1cccc(Cn2[nH]c3c(c2=O)CNCC3)c1. The van der Waals surface area contributed by atoms with Crippen molar-refractivity contribution in [2.45, 2.75) is 19.5 Å². The van der Waals surface area contributed by atoms with Crippen molar-refractivity contribution in [3.8, 4) is 5.75 Å². The number of H-pyrrole nitrogens is 1. The molecule has 3 rings (SSSR count).